The van der Waals surface area contributed by atoms with Gasteiger partial charge in [0.15, 0.2) is 0 Å². The van der Waals surface area contributed by atoms with Gasteiger partial charge in [-0.3, -0.25) is 4.79 Å². The number of nitrogens with one attached hydrogen (secondary N) is 1. The van der Waals surface area contributed by atoms with Gasteiger partial charge in [-0.25, -0.2) is 0 Å². The Morgan fingerprint density at radius 2 is 2.05 bits per heavy atom. The van der Waals surface area contributed by atoms with E-state index in [9.17, 15) is 9.90 Å². The third-order valence-corrected chi connectivity index (χ3v) is 2.88. The zero-order valence-corrected chi connectivity index (χ0v) is 11.1. The smallest absolute Gasteiger partial charge is 0.228 e. The van der Waals surface area contributed by atoms with Crippen molar-refractivity contribution in [2.45, 2.75) is 6.42 Å². The molecule has 4 N–H and O–H groups in total. The van der Waals surface area contributed by atoms with Crippen molar-refractivity contribution in [3.63, 3.8) is 0 Å². The molecule has 2 rings (SSSR count). The highest BCUT2D eigenvalue weighted by atomic mass is 16.5. The number of carbonyl (C=O) groups excluding carboxylic acids is 1. The summed E-state index contributed by atoms with van der Waals surface area (Å²) in [7, 11) is 1.54. The molecule has 0 spiro atoms. The largest absolute Gasteiger partial charge is 0.508 e. The van der Waals surface area contributed by atoms with E-state index in [4.69, 9.17) is 10.5 Å². The van der Waals surface area contributed by atoms with Crippen LogP contribution in [0.3, 0.4) is 0 Å². The molecule has 0 saturated carbocycles. The lowest BCUT2D eigenvalue weighted by molar-refractivity contribution is -0.115. The van der Waals surface area contributed by atoms with E-state index < -0.39 is 0 Å². The predicted octanol–water partition coefficient (Wildman–Crippen LogP) is 2.16. The van der Waals surface area contributed by atoms with Crippen molar-refractivity contribution in [3.05, 3.63) is 48.0 Å². The van der Waals surface area contributed by atoms with Crippen molar-refractivity contribution in [1.29, 1.82) is 0 Å². The van der Waals surface area contributed by atoms with Crippen LogP contribution >= 0.6 is 0 Å². The van der Waals surface area contributed by atoms with E-state index in [0.717, 1.165) is 0 Å². The van der Waals surface area contributed by atoms with Gasteiger partial charge in [0.05, 0.1) is 24.9 Å². The fourth-order valence-corrected chi connectivity index (χ4v) is 1.80. The lowest BCUT2D eigenvalue weighted by atomic mass is 10.1. The molecule has 5 heteroatoms. The van der Waals surface area contributed by atoms with Crippen LogP contribution in [0.2, 0.25) is 0 Å². The van der Waals surface area contributed by atoms with E-state index in [1.807, 2.05) is 0 Å². The number of hydrogen-bond donors (Lipinski definition) is 3. The molecule has 0 aromatic heterocycles. The number of aromatic hydroxyl groups is 1. The molecule has 0 aliphatic heterocycles. The van der Waals surface area contributed by atoms with Crippen molar-refractivity contribution < 1.29 is 14.6 Å². The summed E-state index contributed by atoms with van der Waals surface area (Å²) in [6.07, 6.45) is 0.0727. The minimum Gasteiger partial charge on any atom is -0.508 e. The third-order valence-electron chi connectivity index (χ3n) is 2.88. The summed E-state index contributed by atoms with van der Waals surface area (Å²) in [6, 6.07) is 11.7. The van der Waals surface area contributed by atoms with Gasteiger partial charge >= 0.3 is 0 Å². The number of phenolic OH excluding ortho intramolecular Hbond substituents is 1. The van der Waals surface area contributed by atoms with E-state index in [0.29, 0.717) is 22.7 Å². The number of carbonyl (C=O) groups is 1. The van der Waals surface area contributed by atoms with Crippen LogP contribution in [0.1, 0.15) is 5.56 Å². The lowest BCUT2D eigenvalue weighted by Gasteiger charge is -2.10. The molecule has 0 heterocycles. The van der Waals surface area contributed by atoms with Gasteiger partial charge in [0.1, 0.15) is 11.5 Å². The number of amides is 1. The maximum Gasteiger partial charge on any atom is 0.228 e. The van der Waals surface area contributed by atoms with E-state index in [1.165, 1.54) is 0 Å². The average molecular weight is 272 g/mol. The van der Waals surface area contributed by atoms with Gasteiger partial charge in [-0.15, -0.1) is 0 Å². The van der Waals surface area contributed by atoms with Gasteiger partial charge in [-0.05, 0) is 18.2 Å². The summed E-state index contributed by atoms with van der Waals surface area (Å²) in [4.78, 5) is 12.0. The van der Waals surface area contributed by atoms with Crippen molar-refractivity contribution in [3.8, 4) is 11.5 Å². The minimum atomic E-state index is -0.258. The Bertz CT molecular complexity index is 626. The summed E-state index contributed by atoms with van der Waals surface area (Å²) in [6.45, 7) is 0. The molecule has 2 aromatic rings. The second-order valence-electron chi connectivity index (χ2n) is 4.31. The summed E-state index contributed by atoms with van der Waals surface area (Å²) in [5, 5.41) is 12.3. The van der Waals surface area contributed by atoms with Gasteiger partial charge in [-0.2, -0.15) is 0 Å². The molecule has 0 unspecified atom stereocenters. The fourth-order valence-electron chi connectivity index (χ4n) is 1.80. The first kappa shape index (κ1) is 13.7. The van der Waals surface area contributed by atoms with Gasteiger partial charge in [0.25, 0.3) is 0 Å². The molecule has 0 aliphatic carbocycles. The standard InChI is InChI=1S/C15H16N2O3/c1-20-11-6-7-12(16)13(9-11)17-15(19)8-10-4-2-3-5-14(10)18/h2-7,9,18H,8,16H2,1H3,(H,17,19). The molecule has 0 fully saturated rings. The number of nitrogen functional groups attached to an aromatic ring is 1. The number of phenols is 1. The zero-order chi connectivity index (χ0) is 14.5. The highest BCUT2D eigenvalue weighted by Crippen LogP contribution is 2.25. The maximum atomic E-state index is 12.0. The van der Waals surface area contributed by atoms with Crippen molar-refractivity contribution in [2.24, 2.45) is 0 Å². The number of hydrogen-bond acceptors (Lipinski definition) is 4. The SMILES string of the molecule is COc1ccc(N)c(NC(=O)Cc2ccccc2O)c1. The number of benzene rings is 2. The Morgan fingerprint density at radius 1 is 1.30 bits per heavy atom. The first-order valence-corrected chi connectivity index (χ1v) is 6.10. The van der Waals surface area contributed by atoms with Gasteiger partial charge in [0.2, 0.25) is 5.91 Å². The van der Waals surface area contributed by atoms with Crippen molar-refractivity contribution >= 4 is 17.3 Å². The predicted molar refractivity (Wildman–Crippen MR) is 77.8 cm³/mol. The second kappa shape index (κ2) is 5.97. The van der Waals surface area contributed by atoms with Crippen LogP contribution < -0.4 is 15.8 Å². The summed E-state index contributed by atoms with van der Waals surface area (Å²) in [5.74, 6) is 0.449. The Hall–Kier alpha value is -2.69. The lowest BCUT2D eigenvalue weighted by Crippen LogP contribution is -2.15. The molecule has 2 aromatic carbocycles. The first-order valence-electron chi connectivity index (χ1n) is 6.10. The average Bonchev–Trinajstić information content (AvgIpc) is 2.44. The molecule has 20 heavy (non-hydrogen) atoms. The molecular weight excluding hydrogens is 256 g/mol. The number of ether oxygens (including phenoxy) is 1. The van der Waals surface area contributed by atoms with E-state index in [2.05, 4.69) is 5.32 Å². The Balaban J connectivity index is 2.10. The second-order valence-corrected chi connectivity index (χ2v) is 4.31. The molecule has 104 valence electrons. The molecular formula is C15H16N2O3. The highest BCUT2D eigenvalue weighted by Gasteiger charge is 2.09. The van der Waals surface area contributed by atoms with Gasteiger partial charge in [0, 0.05) is 11.6 Å². The van der Waals surface area contributed by atoms with Crippen LogP contribution in [0.4, 0.5) is 11.4 Å². The van der Waals surface area contributed by atoms with E-state index >= 15 is 0 Å². The topological polar surface area (TPSA) is 84.6 Å². The molecule has 0 radical (unpaired) electrons. The minimum absolute atomic E-state index is 0.0727. The van der Waals surface area contributed by atoms with Crippen molar-refractivity contribution in [2.75, 3.05) is 18.2 Å². The van der Waals surface area contributed by atoms with Crippen LogP contribution in [0, 0.1) is 0 Å². The van der Waals surface area contributed by atoms with E-state index in [-0.39, 0.29) is 18.1 Å². The number of rotatable bonds is 4. The van der Waals surface area contributed by atoms with Crippen LogP contribution in [0.25, 0.3) is 0 Å². The summed E-state index contributed by atoms with van der Waals surface area (Å²) in [5.41, 5.74) is 7.30. The van der Waals surface area contributed by atoms with E-state index in [1.54, 1.807) is 49.6 Å². The Labute approximate surface area is 117 Å². The Morgan fingerprint density at radius 3 is 2.75 bits per heavy atom. The summed E-state index contributed by atoms with van der Waals surface area (Å²) >= 11 is 0. The molecule has 1 amide bonds. The monoisotopic (exact) mass is 272 g/mol. The molecule has 0 bridgehead atoms. The Kier molecular flexibility index (Phi) is 4.10. The number of anilines is 2. The zero-order valence-electron chi connectivity index (χ0n) is 11.1. The third kappa shape index (κ3) is 3.20. The van der Waals surface area contributed by atoms with Crippen LogP contribution in [-0.2, 0) is 11.2 Å². The first-order chi connectivity index (χ1) is 9.60. The molecule has 0 atom stereocenters. The molecule has 0 aliphatic rings. The van der Waals surface area contributed by atoms with Gasteiger partial charge < -0.3 is 20.9 Å². The number of nitrogens with two attached hydrogens (primary N) is 1. The molecule has 5 nitrogen and oxygen atoms in total. The number of methoxy groups -OCH3 is 1. The quantitative estimate of drug-likeness (QED) is 0.745. The van der Waals surface area contributed by atoms with Crippen molar-refractivity contribution in [1.82, 2.24) is 0 Å². The van der Waals surface area contributed by atoms with Crippen LogP contribution in [0.15, 0.2) is 42.5 Å². The summed E-state index contributed by atoms with van der Waals surface area (Å²) < 4.78 is 5.08. The number of para-hydroxylation sites is 1. The fraction of sp³-hybridized carbons (Fsp3) is 0.133. The van der Waals surface area contributed by atoms with Crippen LogP contribution in [-0.4, -0.2) is 18.1 Å². The molecule has 0 saturated heterocycles. The maximum absolute atomic E-state index is 12.0. The van der Waals surface area contributed by atoms with Crippen LogP contribution in [0.5, 0.6) is 11.5 Å². The highest BCUT2D eigenvalue weighted by molar-refractivity contribution is 5.95. The normalized spacial score (nSPS) is 10.1. The van der Waals surface area contributed by atoms with Gasteiger partial charge in [-0.1, -0.05) is 18.2 Å².